The molecule has 0 bridgehead atoms. The van der Waals surface area contributed by atoms with E-state index in [-0.39, 0.29) is 4.90 Å². The Labute approximate surface area is 134 Å². The molecular formula is C16H18BrNO2S. The maximum Gasteiger partial charge on any atom is 0.261 e. The van der Waals surface area contributed by atoms with Gasteiger partial charge in [-0.1, -0.05) is 41.4 Å². The minimum absolute atomic E-state index is 0.283. The summed E-state index contributed by atoms with van der Waals surface area (Å²) in [5, 5.41) is 0. The molecule has 112 valence electrons. The van der Waals surface area contributed by atoms with Gasteiger partial charge in [0.2, 0.25) is 0 Å². The second-order valence-corrected chi connectivity index (χ2v) is 7.46. The monoisotopic (exact) mass is 367 g/mol. The second kappa shape index (κ2) is 7.09. The van der Waals surface area contributed by atoms with Gasteiger partial charge in [0, 0.05) is 10.2 Å². The van der Waals surface area contributed by atoms with Gasteiger partial charge < -0.3 is 0 Å². The highest BCUT2D eigenvalue weighted by atomic mass is 79.9. The molecule has 2 rings (SSSR count). The lowest BCUT2D eigenvalue weighted by Gasteiger charge is -2.09. The van der Waals surface area contributed by atoms with E-state index in [9.17, 15) is 8.42 Å². The van der Waals surface area contributed by atoms with Crippen LogP contribution in [0.5, 0.6) is 0 Å². The van der Waals surface area contributed by atoms with Crippen molar-refractivity contribution in [3.63, 3.8) is 0 Å². The van der Waals surface area contributed by atoms with Crippen molar-refractivity contribution in [2.45, 2.75) is 31.1 Å². The van der Waals surface area contributed by atoms with Crippen LogP contribution in [0.4, 0.5) is 5.69 Å². The van der Waals surface area contributed by atoms with Crippen LogP contribution < -0.4 is 4.72 Å². The molecule has 21 heavy (non-hydrogen) atoms. The number of nitrogens with one attached hydrogen (secondary N) is 1. The number of hydrogen-bond donors (Lipinski definition) is 1. The van der Waals surface area contributed by atoms with E-state index in [1.54, 1.807) is 36.4 Å². The molecule has 0 amide bonds. The molecular weight excluding hydrogens is 350 g/mol. The lowest BCUT2D eigenvalue weighted by Crippen LogP contribution is -2.12. The molecule has 3 nitrogen and oxygen atoms in total. The summed E-state index contributed by atoms with van der Waals surface area (Å²) in [7, 11) is -3.53. The molecule has 0 aliphatic heterocycles. The quantitative estimate of drug-likeness (QED) is 0.811. The first-order valence-corrected chi connectivity index (χ1v) is 9.16. The van der Waals surface area contributed by atoms with Crippen LogP contribution in [0.25, 0.3) is 0 Å². The first-order chi connectivity index (χ1) is 10.0. The van der Waals surface area contributed by atoms with E-state index in [1.165, 1.54) is 5.56 Å². The number of hydrogen-bond acceptors (Lipinski definition) is 2. The van der Waals surface area contributed by atoms with Crippen molar-refractivity contribution in [1.82, 2.24) is 0 Å². The van der Waals surface area contributed by atoms with Crippen molar-refractivity contribution < 1.29 is 8.42 Å². The predicted octanol–water partition coefficient (Wildman–Crippen LogP) is 4.59. The molecule has 1 N–H and O–H groups in total. The van der Waals surface area contributed by atoms with Crippen LogP contribution in [0.3, 0.4) is 0 Å². The highest BCUT2D eigenvalue weighted by Crippen LogP contribution is 2.19. The summed E-state index contributed by atoms with van der Waals surface area (Å²) in [6.07, 6.45) is 3.23. The van der Waals surface area contributed by atoms with Crippen molar-refractivity contribution >= 4 is 31.6 Å². The molecule has 2 aromatic carbocycles. The van der Waals surface area contributed by atoms with E-state index in [0.29, 0.717) is 5.69 Å². The van der Waals surface area contributed by atoms with Crippen molar-refractivity contribution in [1.29, 1.82) is 0 Å². The van der Waals surface area contributed by atoms with E-state index >= 15 is 0 Å². The van der Waals surface area contributed by atoms with Crippen LogP contribution in [0.15, 0.2) is 57.9 Å². The number of unbranched alkanes of at least 4 members (excludes halogenated alkanes) is 1. The summed E-state index contributed by atoms with van der Waals surface area (Å²) < 4.78 is 28.1. The summed E-state index contributed by atoms with van der Waals surface area (Å²) in [6, 6.07) is 14.1. The normalized spacial score (nSPS) is 11.3. The van der Waals surface area contributed by atoms with Crippen LogP contribution in [-0.2, 0) is 16.4 Å². The summed E-state index contributed by atoms with van der Waals surface area (Å²) in [4.78, 5) is 0.283. The van der Waals surface area contributed by atoms with Crippen LogP contribution in [-0.4, -0.2) is 8.42 Å². The SMILES string of the molecule is CCCCc1ccc(S(=O)(=O)Nc2ccc(Br)cc2)cc1. The second-order valence-electron chi connectivity index (χ2n) is 4.86. The Bertz CT molecular complexity index is 679. The molecule has 0 spiro atoms. The topological polar surface area (TPSA) is 46.2 Å². The van der Waals surface area contributed by atoms with Crippen molar-refractivity contribution in [3.8, 4) is 0 Å². The lowest BCUT2D eigenvalue weighted by atomic mass is 10.1. The highest BCUT2D eigenvalue weighted by molar-refractivity contribution is 9.10. The third-order valence-corrected chi connectivity index (χ3v) is 5.07. The highest BCUT2D eigenvalue weighted by Gasteiger charge is 2.13. The van der Waals surface area contributed by atoms with Gasteiger partial charge in [0.15, 0.2) is 0 Å². The van der Waals surface area contributed by atoms with Crippen molar-refractivity contribution in [3.05, 3.63) is 58.6 Å². The van der Waals surface area contributed by atoms with Crippen LogP contribution >= 0.6 is 15.9 Å². The number of sulfonamides is 1. The third kappa shape index (κ3) is 4.58. The van der Waals surface area contributed by atoms with Gasteiger partial charge in [0.25, 0.3) is 10.0 Å². The zero-order valence-electron chi connectivity index (χ0n) is 11.8. The Hall–Kier alpha value is -1.33. The molecule has 0 unspecified atom stereocenters. The summed E-state index contributed by atoms with van der Waals surface area (Å²) in [5.41, 5.74) is 1.72. The fraction of sp³-hybridized carbons (Fsp3) is 0.250. The van der Waals surface area contributed by atoms with Crippen molar-refractivity contribution in [2.24, 2.45) is 0 Å². The largest absolute Gasteiger partial charge is 0.280 e. The number of halogens is 1. The molecule has 0 fully saturated rings. The van der Waals surface area contributed by atoms with Gasteiger partial charge >= 0.3 is 0 Å². The number of benzene rings is 2. The van der Waals surface area contributed by atoms with Gasteiger partial charge in [0.05, 0.1) is 4.90 Å². The minimum Gasteiger partial charge on any atom is -0.280 e. The molecule has 0 aromatic heterocycles. The van der Waals surface area contributed by atoms with Gasteiger partial charge in [-0.25, -0.2) is 8.42 Å². The Balaban J connectivity index is 2.13. The van der Waals surface area contributed by atoms with Crippen LogP contribution in [0.1, 0.15) is 25.3 Å². The average molecular weight is 368 g/mol. The summed E-state index contributed by atoms with van der Waals surface area (Å²) in [5.74, 6) is 0. The van der Waals surface area contributed by atoms with Crippen LogP contribution in [0.2, 0.25) is 0 Å². The molecule has 0 radical (unpaired) electrons. The number of aryl methyl sites for hydroxylation is 1. The first kappa shape index (κ1) is 16.0. The zero-order valence-corrected chi connectivity index (χ0v) is 14.2. The summed E-state index contributed by atoms with van der Waals surface area (Å²) in [6.45, 7) is 2.14. The fourth-order valence-corrected chi connectivity index (χ4v) is 3.27. The average Bonchev–Trinajstić information content (AvgIpc) is 2.48. The maximum atomic E-state index is 12.3. The molecule has 5 heteroatoms. The molecule has 0 heterocycles. The number of anilines is 1. The third-order valence-electron chi connectivity index (χ3n) is 3.15. The van der Waals surface area contributed by atoms with Gasteiger partial charge in [-0.3, -0.25) is 4.72 Å². The molecule has 0 saturated carbocycles. The van der Waals surface area contributed by atoms with Crippen molar-refractivity contribution in [2.75, 3.05) is 4.72 Å². The molecule has 0 aliphatic rings. The molecule has 2 aromatic rings. The van der Waals surface area contributed by atoms with E-state index in [1.807, 2.05) is 12.1 Å². The Morgan fingerprint density at radius 2 is 1.62 bits per heavy atom. The van der Waals surface area contributed by atoms with E-state index in [2.05, 4.69) is 27.6 Å². The van der Waals surface area contributed by atoms with Crippen LogP contribution in [0, 0.1) is 0 Å². The van der Waals surface area contributed by atoms with Gasteiger partial charge in [-0.15, -0.1) is 0 Å². The Morgan fingerprint density at radius 1 is 1.00 bits per heavy atom. The smallest absolute Gasteiger partial charge is 0.261 e. The predicted molar refractivity (Wildman–Crippen MR) is 90.0 cm³/mol. The van der Waals surface area contributed by atoms with E-state index in [0.717, 1.165) is 23.7 Å². The fourth-order valence-electron chi connectivity index (χ4n) is 1.95. The maximum absolute atomic E-state index is 12.3. The van der Waals surface area contributed by atoms with Gasteiger partial charge in [-0.2, -0.15) is 0 Å². The molecule has 0 aliphatic carbocycles. The Morgan fingerprint density at radius 3 is 2.19 bits per heavy atom. The molecule has 0 saturated heterocycles. The zero-order chi connectivity index (χ0) is 15.3. The summed E-state index contributed by atoms with van der Waals surface area (Å²) >= 11 is 3.32. The van der Waals surface area contributed by atoms with E-state index < -0.39 is 10.0 Å². The van der Waals surface area contributed by atoms with Gasteiger partial charge in [-0.05, 0) is 54.8 Å². The number of rotatable bonds is 6. The first-order valence-electron chi connectivity index (χ1n) is 6.88. The molecule has 0 atom stereocenters. The Kier molecular flexibility index (Phi) is 5.42. The van der Waals surface area contributed by atoms with Gasteiger partial charge in [0.1, 0.15) is 0 Å². The lowest BCUT2D eigenvalue weighted by molar-refractivity contribution is 0.601. The minimum atomic E-state index is -3.53. The standard InChI is InChI=1S/C16H18BrNO2S/c1-2-3-4-13-5-11-16(12-6-13)21(19,20)18-15-9-7-14(17)8-10-15/h5-12,18H,2-4H2,1H3. The van der Waals surface area contributed by atoms with E-state index in [4.69, 9.17) is 0 Å².